The number of rotatable bonds is 2. The normalized spacial score (nSPS) is 17.6. The van der Waals surface area contributed by atoms with Gasteiger partial charge < -0.3 is 9.72 Å². The number of H-pyrrole nitrogens is 1. The van der Waals surface area contributed by atoms with Gasteiger partial charge in [0.1, 0.15) is 0 Å². The Balaban J connectivity index is 2.01. The summed E-state index contributed by atoms with van der Waals surface area (Å²) in [6, 6.07) is 1.60. The lowest BCUT2D eigenvalue weighted by Crippen LogP contribution is -2.35. The van der Waals surface area contributed by atoms with Crippen molar-refractivity contribution in [3.63, 3.8) is 0 Å². The highest BCUT2D eigenvalue weighted by molar-refractivity contribution is 6.10. The zero-order valence-corrected chi connectivity index (χ0v) is 11.1. The average molecular weight is 271 g/mol. The third-order valence-electron chi connectivity index (χ3n) is 3.14. The molecule has 0 radical (unpaired) electrons. The predicted molar refractivity (Wildman–Crippen MR) is 72.5 cm³/mol. The molecule has 0 bridgehead atoms. The van der Waals surface area contributed by atoms with Gasteiger partial charge in [0.05, 0.1) is 11.7 Å². The Bertz CT molecular complexity index is 730. The van der Waals surface area contributed by atoms with Gasteiger partial charge in [-0.2, -0.15) is 0 Å². The second-order valence-corrected chi connectivity index (χ2v) is 4.81. The SMILES string of the molecule is CC(C)N1C(=O)O/C(=C\c2c[nH]c3cnccc23)C1=O. The molecule has 0 atom stereocenters. The molecular formula is C14H13N3O3. The maximum atomic E-state index is 12.1. The molecule has 3 heterocycles. The van der Waals surface area contributed by atoms with Crippen LogP contribution >= 0.6 is 0 Å². The fraction of sp³-hybridized carbons (Fsp3) is 0.214. The minimum absolute atomic E-state index is 0.0430. The molecule has 2 amide bonds. The first kappa shape index (κ1) is 12.4. The summed E-state index contributed by atoms with van der Waals surface area (Å²) in [6.45, 7) is 3.53. The molecule has 0 aliphatic carbocycles. The first-order valence-electron chi connectivity index (χ1n) is 6.26. The number of aromatic nitrogens is 2. The van der Waals surface area contributed by atoms with Crippen molar-refractivity contribution < 1.29 is 14.3 Å². The molecular weight excluding hydrogens is 258 g/mol. The molecule has 0 spiro atoms. The van der Waals surface area contributed by atoms with E-state index in [9.17, 15) is 9.59 Å². The molecule has 6 nitrogen and oxygen atoms in total. The zero-order chi connectivity index (χ0) is 14.3. The van der Waals surface area contributed by atoms with Gasteiger partial charge in [-0.25, -0.2) is 9.69 Å². The van der Waals surface area contributed by atoms with Crippen molar-refractivity contribution in [3.8, 4) is 0 Å². The number of amides is 2. The van der Waals surface area contributed by atoms with E-state index in [1.54, 1.807) is 38.5 Å². The van der Waals surface area contributed by atoms with Crippen LogP contribution in [-0.2, 0) is 9.53 Å². The number of carbonyl (C=O) groups excluding carboxylic acids is 2. The van der Waals surface area contributed by atoms with Crippen molar-refractivity contribution in [2.24, 2.45) is 0 Å². The summed E-state index contributed by atoms with van der Waals surface area (Å²) in [4.78, 5) is 31.9. The largest absolute Gasteiger partial charge is 0.422 e. The number of hydrogen-bond acceptors (Lipinski definition) is 4. The van der Waals surface area contributed by atoms with Crippen LogP contribution in [-0.4, -0.2) is 32.9 Å². The summed E-state index contributed by atoms with van der Waals surface area (Å²) in [5.74, 6) is -0.366. The smallest absolute Gasteiger partial charge is 0.404 e. The van der Waals surface area contributed by atoms with Crippen LogP contribution in [0.15, 0.2) is 30.4 Å². The molecule has 1 aliphatic rings. The van der Waals surface area contributed by atoms with Crippen LogP contribution < -0.4 is 0 Å². The Labute approximate surface area is 115 Å². The van der Waals surface area contributed by atoms with Gasteiger partial charge in [0.25, 0.3) is 5.91 Å². The summed E-state index contributed by atoms with van der Waals surface area (Å²) in [5.41, 5.74) is 1.64. The predicted octanol–water partition coefficient (Wildman–Crippen LogP) is 2.29. The highest BCUT2D eigenvalue weighted by Gasteiger charge is 2.38. The highest BCUT2D eigenvalue weighted by atomic mass is 16.6. The molecule has 0 unspecified atom stereocenters. The maximum Gasteiger partial charge on any atom is 0.422 e. The first-order chi connectivity index (χ1) is 9.58. The van der Waals surface area contributed by atoms with Crippen LogP contribution in [0.2, 0.25) is 0 Å². The van der Waals surface area contributed by atoms with E-state index in [0.717, 1.165) is 21.4 Å². The molecule has 20 heavy (non-hydrogen) atoms. The molecule has 1 aliphatic heterocycles. The van der Waals surface area contributed by atoms with Crippen LogP contribution in [0.3, 0.4) is 0 Å². The summed E-state index contributed by atoms with van der Waals surface area (Å²) in [5, 5.41) is 0.916. The van der Waals surface area contributed by atoms with Crippen molar-refractivity contribution >= 4 is 29.0 Å². The quantitative estimate of drug-likeness (QED) is 0.850. The monoisotopic (exact) mass is 271 g/mol. The van der Waals surface area contributed by atoms with E-state index < -0.39 is 12.0 Å². The van der Waals surface area contributed by atoms with Gasteiger partial charge in [0.15, 0.2) is 5.76 Å². The first-order valence-corrected chi connectivity index (χ1v) is 6.26. The minimum Gasteiger partial charge on any atom is -0.404 e. The molecule has 6 heteroatoms. The van der Waals surface area contributed by atoms with Gasteiger partial charge in [-0.1, -0.05) is 0 Å². The number of imide groups is 1. The lowest BCUT2D eigenvalue weighted by atomic mass is 10.2. The second kappa shape index (κ2) is 4.48. The lowest BCUT2D eigenvalue weighted by molar-refractivity contribution is -0.124. The molecule has 3 rings (SSSR count). The van der Waals surface area contributed by atoms with Crippen LogP contribution in [0, 0.1) is 0 Å². The number of hydrogen-bond donors (Lipinski definition) is 1. The molecule has 0 aromatic carbocycles. The van der Waals surface area contributed by atoms with E-state index in [0.29, 0.717) is 0 Å². The van der Waals surface area contributed by atoms with Crippen LogP contribution in [0.1, 0.15) is 19.4 Å². The number of cyclic esters (lactones) is 1. The lowest BCUT2D eigenvalue weighted by Gasteiger charge is -2.13. The zero-order valence-electron chi connectivity index (χ0n) is 11.1. The van der Waals surface area contributed by atoms with E-state index in [4.69, 9.17) is 4.74 Å². The molecule has 1 saturated heterocycles. The van der Waals surface area contributed by atoms with Crippen molar-refractivity contribution in [3.05, 3.63) is 36.0 Å². The standard InChI is InChI=1S/C14H13N3O3/c1-8(2)17-13(18)12(20-14(17)19)5-9-6-16-11-7-15-4-3-10(9)11/h3-8,16H,1-2H3/b12-5-. The Morgan fingerprint density at radius 1 is 1.40 bits per heavy atom. The van der Waals surface area contributed by atoms with E-state index in [1.165, 1.54) is 0 Å². The second-order valence-electron chi connectivity index (χ2n) is 4.81. The third-order valence-corrected chi connectivity index (χ3v) is 3.14. The summed E-state index contributed by atoms with van der Waals surface area (Å²) in [7, 11) is 0. The van der Waals surface area contributed by atoms with E-state index in [-0.39, 0.29) is 11.8 Å². The average Bonchev–Trinajstić information content (AvgIpc) is 2.93. The van der Waals surface area contributed by atoms with Gasteiger partial charge in [0, 0.05) is 29.4 Å². The molecule has 0 saturated carbocycles. The minimum atomic E-state index is -0.627. The van der Waals surface area contributed by atoms with Crippen LogP contribution in [0.5, 0.6) is 0 Å². The van der Waals surface area contributed by atoms with Crippen molar-refractivity contribution in [1.29, 1.82) is 0 Å². The van der Waals surface area contributed by atoms with Gasteiger partial charge in [0.2, 0.25) is 0 Å². The number of nitrogens with zero attached hydrogens (tertiary/aromatic N) is 2. The van der Waals surface area contributed by atoms with Crippen molar-refractivity contribution in [2.45, 2.75) is 19.9 Å². The van der Waals surface area contributed by atoms with E-state index in [1.807, 2.05) is 6.07 Å². The summed E-state index contributed by atoms with van der Waals surface area (Å²) < 4.78 is 5.04. The fourth-order valence-corrected chi connectivity index (χ4v) is 2.18. The highest BCUT2D eigenvalue weighted by Crippen LogP contribution is 2.25. The van der Waals surface area contributed by atoms with Crippen LogP contribution in [0.25, 0.3) is 17.0 Å². The number of pyridine rings is 1. The number of fused-ring (bicyclic) bond motifs is 1. The van der Waals surface area contributed by atoms with Crippen molar-refractivity contribution in [2.75, 3.05) is 0 Å². The van der Waals surface area contributed by atoms with Gasteiger partial charge in [-0.15, -0.1) is 0 Å². The van der Waals surface area contributed by atoms with Gasteiger partial charge >= 0.3 is 6.09 Å². The van der Waals surface area contributed by atoms with Crippen molar-refractivity contribution in [1.82, 2.24) is 14.9 Å². The number of aromatic amines is 1. The van der Waals surface area contributed by atoms with Crippen LogP contribution in [0.4, 0.5) is 4.79 Å². The molecule has 2 aromatic heterocycles. The van der Waals surface area contributed by atoms with E-state index in [2.05, 4.69) is 9.97 Å². The topological polar surface area (TPSA) is 75.3 Å². The molecule has 1 N–H and O–H groups in total. The van der Waals surface area contributed by atoms with E-state index >= 15 is 0 Å². The molecule has 2 aromatic rings. The van der Waals surface area contributed by atoms with Gasteiger partial charge in [-0.05, 0) is 26.0 Å². The molecule has 1 fully saturated rings. The number of nitrogens with one attached hydrogen (secondary N) is 1. The number of carbonyl (C=O) groups is 2. The third kappa shape index (κ3) is 1.85. The number of ether oxygens (including phenoxy) is 1. The summed E-state index contributed by atoms with van der Waals surface area (Å²) in [6.07, 6.45) is 6.05. The van der Waals surface area contributed by atoms with Gasteiger partial charge in [-0.3, -0.25) is 9.78 Å². The Hall–Kier alpha value is -2.63. The maximum absolute atomic E-state index is 12.1. The Morgan fingerprint density at radius 3 is 2.90 bits per heavy atom. The Kier molecular flexibility index (Phi) is 2.78. The Morgan fingerprint density at radius 2 is 2.20 bits per heavy atom. The molecule has 102 valence electrons. The fourth-order valence-electron chi connectivity index (χ4n) is 2.18. The summed E-state index contributed by atoms with van der Waals surface area (Å²) >= 11 is 0.